The largest absolute Gasteiger partial charge is 0.368 e. The number of carbonyl (C=O) groups is 1. The van der Waals surface area contributed by atoms with Gasteiger partial charge in [0.2, 0.25) is 0 Å². The lowest BCUT2D eigenvalue weighted by Gasteiger charge is -2.10. The van der Waals surface area contributed by atoms with Gasteiger partial charge < -0.3 is 16.0 Å². The number of benzene rings is 1. The van der Waals surface area contributed by atoms with Crippen LogP contribution in [0.25, 0.3) is 5.82 Å². The van der Waals surface area contributed by atoms with Gasteiger partial charge in [0, 0.05) is 37.2 Å². The van der Waals surface area contributed by atoms with Crippen LogP contribution in [0.2, 0.25) is 0 Å². The highest BCUT2D eigenvalue weighted by atomic mass is 16.2. The fraction of sp³-hybridized carbons (Fsp3) is 0.263. The second-order valence-electron chi connectivity index (χ2n) is 5.97. The van der Waals surface area contributed by atoms with Gasteiger partial charge in [-0.15, -0.1) is 0 Å². The summed E-state index contributed by atoms with van der Waals surface area (Å²) < 4.78 is 1.68. The number of nitrogens with zero attached hydrogens (tertiary/aromatic N) is 4. The zero-order chi connectivity index (χ0) is 19.1. The maximum atomic E-state index is 12.0. The van der Waals surface area contributed by atoms with E-state index in [2.05, 4.69) is 37.9 Å². The molecule has 8 nitrogen and oxygen atoms in total. The number of nitrogens with one attached hydrogen (secondary N) is 3. The molecule has 0 radical (unpaired) electrons. The molecule has 0 aliphatic rings. The Hall–Kier alpha value is -3.42. The smallest absolute Gasteiger partial charge is 0.319 e. The molecule has 3 aromatic rings. The van der Waals surface area contributed by atoms with Crippen molar-refractivity contribution >= 4 is 17.5 Å². The predicted molar refractivity (Wildman–Crippen MR) is 105 cm³/mol. The van der Waals surface area contributed by atoms with E-state index in [1.807, 2.05) is 49.5 Å². The van der Waals surface area contributed by atoms with Crippen molar-refractivity contribution < 1.29 is 4.79 Å². The van der Waals surface area contributed by atoms with Crippen molar-refractivity contribution in [2.24, 2.45) is 0 Å². The molecule has 0 atom stereocenters. The molecule has 0 unspecified atom stereocenters. The first kappa shape index (κ1) is 18.4. The Kier molecular flexibility index (Phi) is 5.98. The van der Waals surface area contributed by atoms with Gasteiger partial charge in [0.1, 0.15) is 11.6 Å². The Morgan fingerprint density at radius 1 is 1.15 bits per heavy atom. The quantitative estimate of drug-likeness (QED) is 0.560. The second-order valence-corrected chi connectivity index (χ2v) is 5.97. The number of amides is 2. The summed E-state index contributed by atoms with van der Waals surface area (Å²) >= 11 is 0. The summed E-state index contributed by atoms with van der Waals surface area (Å²) in [7, 11) is 0. The molecule has 0 aliphatic carbocycles. The molecule has 140 valence electrons. The number of hydrogen-bond acceptors (Lipinski definition) is 5. The Bertz CT molecular complexity index is 876. The van der Waals surface area contributed by atoms with Crippen molar-refractivity contribution in [2.75, 3.05) is 23.7 Å². The Labute approximate surface area is 158 Å². The summed E-state index contributed by atoms with van der Waals surface area (Å²) in [6.07, 6.45) is 4.50. The van der Waals surface area contributed by atoms with Gasteiger partial charge in [-0.2, -0.15) is 5.10 Å². The zero-order valence-corrected chi connectivity index (χ0v) is 15.4. The van der Waals surface area contributed by atoms with Crippen LogP contribution in [0.3, 0.4) is 0 Å². The number of rotatable bonds is 7. The number of hydrogen-bond donors (Lipinski definition) is 3. The van der Waals surface area contributed by atoms with Gasteiger partial charge in [0.25, 0.3) is 0 Å². The van der Waals surface area contributed by atoms with E-state index in [9.17, 15) is 4.79 Å². The summed E-state index contributed by atoms with van der Waals surface area (Å²) in [5, 5.41) is 13.0. The van der Waals surface area contributed by atoms with E-state index >= 15 is 0 Å². The van der Waals surface area contributed by atoms with Gasteiger partial charge in [-0.3, -0.25) is 0 Å². The molecule has 0 fully saturated rings. The minimum absolute atomic E-state index is 0.239. The normalized spacial score (nSPS) is 10.4. The van der Waals surface area contributed by atoms with E-state index in [4.69, 9.17) is 0 Å². The monoisotopic (exact) mass is 365 g/mol. The highest BCUT2D eigenvalue weighted by molar-refractivity contribution is 5.89. The van der Waals surface area contributed by atoms with Crippen molar-refractivity contribution in [2.45, 2.75) is 20.3 Å². The van der Waals surface area contributed by atoms with E-state index in [1.165, 1.54) is 5.56 Å². The molecule has 0 saturated carbocycles. The van der Waals surface area contributed by atoms with Crippen LogP contribution in [-0.2, 0) is 6.42 Å². The van der Waals surface area contributed by atoms with E-state index in [0.29, 0.717) is 30.5 Å². The maximum Gasteiger partial charge on any atom is 0.319 e. The number of aryl methyl sites for hydroxylation is 2. The first-order valence-corrected chi connectivity index (χ1v) is 8.87. The number of aromatic nitrogens is 4. The van der Waals surface area contributed by atoms with Crippen molar-refractivity contribution in [1.29, 1.82) is 0 Å². The van der Waals surface area contributed by atoms with Crippen molar-refractivity contribution in [3.8, 4) is 5.82 Å². The van der Waals surface area contributed by atoms with Crippen LogP contribution in [0, 0.1) is 6.92 Å². The lowest BCUT2D eigenvalue weighted by Crippen LogP contribution is -2.32. The highest BCUT2D eigenvalue weighted by Crippen LogP contribution is 2.10. The summed E-state index contributed by atoms with van der Waals surface area (Å²) in [6.45, 7) is 4.92. The molecule has 0 bridgehead atoms. The van der Waals surface area contributed by atoms with E-state index in [1.54, 1.807) is 10.9 Å². The van der Waals surface area contributed by atoms with Gasteiger partial charge in [0.15, 0.2) is 5.82 Å². The van der Waals surface area contributed by atoms with Gasteiger partial charge in [0.05, 0.1) is 0 Å². The van der Waals surface area contributed by atoms with Crippen molar-refractivity contribution in [3.63, 3.8) is 0 Å². The molecule has 27 heavy (non-hydrogen) atoms. The topological polar surface area (TPSA) is 96.8 Å². The number of carbonyl (C=O) groups excluding carboxylic acids is 1. The third-order valence-electron chi connectivity index (χ3n) is 3.90. The maximum absolute atomic E-state index is 12.0. The molecule has 1 aromatic carbocycles. The molecule has 0 saturated heterocycles. The molecule has 2 amide bonds. The van der Waals surface area contributed by atoms with E-state index in [0.717, 1.165) is 12.1 Å². The summed E-state index contributed by atoms with van der Waals surface area (Å²) in [4.78, 5) is 20.7. The molecule has 8 heteroatoms. The van der Waals surface area contributed by atoms with Crippen LogP contribution < -0.4 is 16.0 Å². The van der Waals surface area contributed by atoms with Crippen LogP contribution >= 0.6 is 0 Å². The molecule has 0 spiro atoms. The van der Waals surface area contributed by atoms with Gasteiger partial charge in [-0.25, -0.2) is 19.4 Å². The number of anilines is 2. The van der Waals surface area contributed by atoms with Crippen LogP contribution in [-0.4, -0.2) is 38.9 Å². The molecule has 2 aromatic heterocycles. The SMILES string of the molecule is CCc1ccc(NC(=O)NCCNc2cc(-n3cccn3)nc(C)n2)cc1. The van der Waals surface area contributed by atoms with Crippen LogP contribution in [0.15, 0.2) is 48.8 Å². The third kappa shape index (κ3) is 5.27. The van der Waals surface area contributed by atoms with Gasteiger partial charge >= 0.3 is 6.03 Å². The fourth-order valence-electron chi connectivity index (χ4n) is 2.53. The first-order valence-electron chi connectivity index (χ1n) is 8.87. The van der Waals surface area contributed by atoms with Crippen molar-refractivity contribution in [3.05, 3.63) is 60.2 Å². The average molecular weight is 365 g/mol. The van der Waals surface area contributed by atoms with Crippen LogP contribution in [0.4, 0.5) is 16.3 Å². The minimum Gasteiger partial charge on any atom is -0.368 e. The first-order chi connectivity index (χ1) is 13.1. The molecule has 2 heterocycles. The summed E-state index contributed by atoms with van der Waals surface area (Å²) in [5.41, 5.74) is 2.01. The van der Waals surface area contributed by atoms with Crippen LogP contribution in [0.5, 0.6) is 0 Å². The van der Waals surface area contributed by atoms with E-state index < -0.39 is 0 Å². The second kappa shape index (κ2) is 8.79. The molecule has 0 aliphatic heterocycles. The van der Waals surface area contributed by atoms with Gasteiger partial charge in [-0.1, -0.05) is 19.1 Å². The Balaban J connectivity index is 1.46. The molecular weight excluding hydrogens is 342 g/mol. The molecule has 3 N–H and O–H groups in total. The summed E-state index contributed by atoms with van der Waals surface area (Å²) in [6, 6.07) is 11.2. The molecular formula is C19H23N7O. The third-order valence-corrected chi connectivity index (χ3v) is 3.90. The average Bonchev–Trinajstić information content (AvgIpc) is 3.20. The Morgan fingerprint density at radius 2 is 1.96 bits per heavy atom. The number of urea groups is 1. The molecule has 3 rings (SSSR count). The summed E-state index contributed by atoms with van der Waals surface area (Å²) in [5.74, 6) is 2.02. The predicted octanol–water partition coefficient (Wildman–Crippen LogP) is 2.77. The zero-order valence-electron chi connectivity index (χ0n) is 15.4. The lowest BCUT2D eigenvalue weighted by molar-refractivity contribution is 0.252. The van der Waals surface area contributed by atoms with Crippen molar-refractivity contribution in [1.82, 2.24) is 25.1 Å². The van der Waals surface area contributed by atoms with Crippen LogP contribution in [0.1, 0.15) is 18.3 Å². The highest BCUT2D eigenvalue weighted by Gasteiger charge is 2.05. The Morgan fingerprint density at radius 3 is 2.67 bits per heavy atom. The fourth-order valence-corrected chi connectivity index (χ4v) is 2.53. The lowest BCUT2D eigenvalue weighted by atomic mass is 10.1. The van der Waals surface area contributed by atoms with E-state index in [-0.39, 0.29) is 6.03 Å². The standard InChI is InChI=1S/C19H23N7O/c1-3-15-5-7-16(8-6-15)25-19(27)21-11-10-20-17-13-18(24-14(2)23-17)26-12-4-9-22-26/h4-9,12-13H,3,10-11H2,1-2H3,(H,20,23,24)(H2,21,25,27). The minimum atomic E-state index is -0.239. The van der Waals surface area contributed by atoms with Gasteiger partial charge in [-0.05, 0) is 37.1 Å².